The van der Waals surface area contributed by atoms with Crippen LogP contribution < -0.4 is 0 Å². The van der Waals surface area contributed by atoms with E-state index < -0.39 is 0 Å². The third-order valence-electron chi connectivity index (χ3n) is 1.67. The minimum atomic E-state index is -0.151. The van der Waals surface area contributed by atoms with E-state index in [4.69, 9.17) is 4.74 Å². The summed E-state index contributed by atoms with van der Waals surface area (Å²) in [7, 11) is 2.19. The van der Waals surface area contributed by atoms with Crippen molar-refractivity contribution in [3.8, 4) is 0 Å². The summed E-state index contributed by atoms with van der Waals surface area (Å²) in [5.74, 6) is 0. The van der Waals surface area contributed by atoms with Crippen LogP contribution >= 0.6 is 9.24 Å². The number of rotatable bonds is 6. The van der Waals surface area contributed by atoms with Crippen molar-refractivity contribution in [2.75, 3.05) is 6.61 Å². The van der Waals surface area contributed by atoms with Crippen LogP contribution in [-0.2, 0) is 9.53 Å². The minimum absolute atomic E-state index is 0.151. The molecule has 0 aromatic carbocycles. The van der Waals surface area contributed by atoms with Crippen LogP contribution in [-0.4, -0.2) is 17.7 Å². The molecule has 1 unspecified atom stereocenters. The molecule has 2 nitrogen and oxygen atoms in total. The summed E-state index contributed by atoms with van der Waals surface area (Å²) >= 11 is 0. The topological polar surface area (TPSA) is 26.3 Å². The van der Waals surface area contributed by atoms with Crippen molar-refractivity contribution < 1.29 is 9.53 Å². The molecule has 0 bridgehead atoms. The van der Waals surface area contributed by atoms with E-state index in [9.17, 15) is 4.79 Å². The van der Waals surface area contributed by atoms with Gasteiger partial charge in [0, 0.05) is 13.0 Å². The molecule has 72 valence electrons. The number of hydrogen-bond acceptors (Lipinski definition) is 2. The Balaban J connectivity index is 3.63. The Kier molecular flexibility index (Phi) is 5.69. The minimum Gasteiger partial charge on any atom is -0.376 e. The molecular weight excluding hydrogens is 171 g/mol. The third kappa shape index (κ3) is 6.75. The van der Waals surface area contributed by atoms with Gasteiger partial charge in [-0.1, -0.05) is 16.2 Å². The summed E-state index contributed by atoms with van der Waals surface area (Å²) in [6.45, 7) is 6.90. The lowest BCUT2D eigenvalue weighted by atomic mass is 10.0. The summed E-state index contributed by atoms with van der Waals surface area (Å²) in [5, 5.41) is 0. The Hall–Kier alpha value is 0.0600. The Morgan fingerprint density at radius 1 is 1.50 bits per heavy atom. The van der Waals surface area contributed by atoms with Gasteiger partial charge < -0.3 is 4.74 Å². The van der Waals surface area contributed by atoms with Crippen molar-refractivity contribution in [2.24, 2.45) is 0 Å². The van der Waals surface area contributed by atoms with E-state index in [2.05, 4.69) is 16.2 Å². The van der Waals surface area contributed by atoms with Gasteiger partial charge >= 0.3 is 0 Å². The van der Waals surface area contributed by atoms with E-state index in [-0.39, 0.29) is 11.1 Å². The van der Waals surface area contributed by atoms with Crippen LogP contribution in [0.2, 0.25) is 0 Å². The normalized spacial score (nSPS) is 11.7. The van der Waals surface area contributed by atoms with Gasteiger partial charge in [-0.25, -0.2) is 0 Å². The lowest BCUT2D eigenvalue weighted by Crippen LogP contribution is -2.25. The van der Waals surface area contributed by atoms with Gasteiger partial charge in [0.2, 0.25) is 0 Å². The second-order valence-electron chi connectivity index (χ2n) is 3.57. The Labute approximate surface area is 77.3 Å². The van der Waals surface area contributed by atoms with Gasteiger partial charge in [0.1, 0.15) is 5.52 Å². The Morgan fingerprint density at radius 3 is 2.50 bits per heavy atom. The van der Waals surface area contributed by atoms with E-state index in [1.165, 1.54) is 0 Å². The van der Waals surface area contributed by atoms with Crippen molar-refractivity contribution in [3.05, 3.63) is 0 Å². The van der Waals surface area contributed by atoms with Crippen molar-refractivity contribution in [3.63, 3.8) is 0 Å². The van der Waals surface area contributed by atoms with Crippen LogP contribution in [0.1, 0.15) is 40.0 Å². The monoisotopic (exact) mass is 190 g/mol. The average molecular weight is 190 g/mol. The summed E-state index contributed by atoms with van der Waals surface area (Å²) in [4.78, 5) is 10.7. The summed E-state index contributed by atoms with van der Waals surface area (Å²) in [5.41, 5.74) is 0.00516. The standard InChI is InChI=1S/C9H19O2P/c1-4-7-11-9(2,3)6-5-8(10)12/h4-7,12H2,1-3H3. The number of carbonyl (C=O) groups is 1. The maximum Gasteiger partial charge on any atom is 0.148 e. The second-order valence-corrected chi connectivity index (χ2v) is 4.22. The third-order valence-corrected chi connectivity index (χ3v) is 1.96. The molecule has 3 heteroatoms. The fraction of sp³-hybridized carbons (Fsp3) is 0.889. The van der Waals surface area contributed by atoms with Crippen molar-refractivity contribution >= 4 is 14.8 Å². The zero-order valence-electron chi connectivity index (χ0n) is 8.22. The molecule has 0 saturated heterocycles. The fourth-order valence-corrected chi connectivity index (χ4v) is 1.02. The first-order valence-electron chi connectivity index (χ1n) is 4.40. The largest absolute Gasteiger partial charge is 0.376 e. The molecule has 0 saturated carbocycles. The van der Waals surface area contributed by atoms with Gasteiger partial charge in [-0.3, -0.25) is 4.79 Å². The summed E-state index contributed by atoms with van der Waals surface area (Å²) < 4.78 is 5.57. The summed E-state index contributed by atoms with van der Waals surface area (Å²) in [6.07, 6.45) is 2.41. The second kappa shape index (κ2) is 5.66. The summed E-state index contributed by atoms with van der Waals surface area (Å²) in [6, 6.07) is 0. The van der Waals surface area contributed by atoms with E-state index >= 15 is 0 Å². The van der Waals surface area contributed by atoms with Gasteiger partial charge in [-0.2, -0.15) is 0 Å². The molecule has 0 aliphatic heterocycles. The van der Waals surface area contributed by atoms with Crippen LogP contribution in [0.5, 0.6) is 0 Å². The quantitative estimate of drug-likeness (QED) is 0.601. The first-order chi connectivity index (χ1) is 5.48. The molecule has 0 fully saturated rings. The van der Waals surface area contributed by atoms with Crippen LogP contribution in [0.15, 0.2) is 0 Å². The highest BCUT2D eigenvalue weighted by Gasteiger charge is 2.17. The maximum atomic E-state index is 10.7. The smallest absolute Gasteiger partial charge is 0.148 e. The first kappa shape index (κ1) is 12.1. The molecule has 0 amide bonds. The zero-order valence-corrected chi connectivity index (χ0v) is 9.38. The molecule has 0 heterocycles. The number of hydrogen-bond donors (Lipinski definition) is 0. The molecule has 12 heavy (non-hydrogen) atoms. The van der Waals surface area contributed by atoms with Gasteiger partial charge in [0.05, 0.1) is 5.60 Å². The predicted molar refractivity (Wildman–Crippen MR) is 54.3 cm³/mol. The molecule has 0 radical (unpaired) electrons. The van der Waals surface area contributed by atoms with Crippen LogP contribution in [0, 0.1) is 0 Å². The fourth-order valence-electron chi connectivity index (χ4n) is 0.875. The van der Waals surface area contributed by atoms with Crippen molar-refractivity contribution in [2.45, 2.75) is 45.6 Å². The van der Waals surface area contributed by atoms with E-state index in [1.807, 2.05) is 13.8 Å². The maximum absolute atomic E-state index is 10.7. The van der Waals surface area contributed by atoms with Crippen LogP contribution in [0.25, 0.3) is 0 Å². The highest BCUT2D eigenvalue weighted by molar-refractivity contribution is 7.40. The van der Waals surface area contributed by atoms with E-state index in [0.717, 1.165) is 19.4 Å². The Morgan fingerprint density at radius 2 is 2.08 bits per heavy atom. The molecule has 0 aliphatic rings. The average Bonchev–Trinajstić information content (AvgIpc) is 1.98. The molecule has 0 aromatic heterocycles. The lowest BCUT2D eigenvalue weighted by Gasteiger charge is -2.24. The van der Waals surface area contributed by atoms with Crippen molar-refractivity contribution in [1.29, 1.82) is 0 Å². The first-order valence-corrected chi connectivity index (χ1v) is 4.98. The SMILES string of the molecule is CCCOC(C)(C)CCC(=O)P. The van der Waals surface area contributed by atoms with Crippen LogP contribution in [0.3, 0.4) is 0 Å². The van der Waals surface area contributed by atoms with E-state index in [1.54, 1.807) is 0 Å². The Bertz CT molecular complexity index is 143. The van der Waals surface area contributed by atoms with Crippen LogP contribution in [0.4, 0.5) is 0 Å². The molecule has 0 rings (SSSR count). The zero-order chi connectivity index (χ0) is 9.61. The molecule has 0 aromatic rings. The van der Waals surface area contributed by atoms with Gasteiger partial charge in [0.15, 0.2) is 0 Å². The molecule has 0 N–H and O–H groups in total. The van der Waals surface area contributed by atoms with Gasteiger partial charge in [0.25, 0.3) is 0 Å². The molecular formula is C9H19O2P. The molecule has 1 atom stereocenters. The predicted octanol–water partition coefficient (Wildman–Crippen LogP) is 2.37. The highest BCUT2D eigenvalue weighted by Crippen LogP contribution is 2.17. The van der Waals surface area contributed by atoms with Crippen molar-refractivity contribution in [1.82, 2.24) is 0 Å². The highest BCUT2D eigenvalue weighted by atomic mass is 31.0. The molecule has 0 aliphatic carbocycles. The lowest BCUT2D eigenvalue weighted by molar-refractivity contribution is -0.112. The number of carbonyl (C=O) groups excluding carboxylic acids is 1. The van der Waals surface area contributed by atoms with Gasteiger partial charge in [-0.15, -0.1) is 0 Å². The number of ether oxygens (including phenoxy) is 1. The van der Waals surface area contributed by atoms with E-state index in [0.29, 0.717) is 6.42 Å². The van der Waals surface area contributed by atoms with Gasteiger partial charge in [-0.05, 0) is 26.7 Å². The molecule has 0 spiro atoms.